The van der Waals surface area contributed by atoms with E-state index in [1.807, 2.05) is 11.5 Å². The summed E-state index contributed by atoms with van der Waals surface area (Å²) in [6.07, 6.45) is 0. The molecule has 7 heavy (non-hydrogen) atoms. The third kappa shape index (κ3) is 19.3. The molecule has 0 fully saturated rings. The van der Waals surface area contributed by atoms with E-state index in [9.17, 15) is 0 Å². The van der Waals surface area contributed by atoms with E-state index in [4.69, 9.17) is 19.4 Å². The maximum Gasteiger partial charge on any atom is -0.358 e. The SMILES string of the molecule is C[CH]=[Ru]([Cl])[Cl].[CH3-].[CH3-]. The number of halogens is 2. The second kappa shape index (κ2) is 10.1. The molecule has 0 saturated carbocycles. The molecular weight excluding hydrogens is 220 g/mol. The van der Waals surface area contributed by atoms with Crippen molar-refractivity contribution in [1.29, 1.82) is 0 Å². The van der Waals surface area contributed by atoms with Gasteiger partial charge in [-0.25, -0.2) is 0 Å². The summed E-state index contributed by atoms with van der Waals surface area (Å²) in [5.74, 6) is 0. The van der Waals surface area contributed by atoms with Gasteiger partial charge in [-0.15, -0.1) is 0 Å². The molecule has 0 saturated heterocycles. The molecule has 0 aromatic heterocycles. The topological polar surface area (TPSA) is 0 Å². The first-order chi connectivity index (χ1) is 2.27. The Kier molecular flexibility index (Phi) is 22.7. The smallest absolute Gasteiger partial charge is 0.358 e. The molecule has 0 N–H and O–H groups in total. The van der Waals surface area contributed by atoms with E-state index in [1.165, 1.54) is 0 Å². The van der Waals surface area contributed by atoms with Crippen molar-refractivity contribution in [2.75, 3.05) is 0 Å². The van der Waals surface area contributed by atoms with Crippen LogP contribution in [0.25, 0.3) is 0 Å². The van der Waals surface area contributed by atoms with Gasteiger partial charge in [0.2, 0.25) is 0 Å². The zero-order valence-electron chi connectivity index (χ0n) is 4.69. The largest absolute Gasteiger partial charge is 0.358 e. The fraction of sp³-hybridized carbons (Fsp3) is 0.250. The molecule has 0 aromatic carbocycles. The van der Waals surface area contributed by atoms with Crippen LogP contribution < -0.4 is 0 Å². The number of hydrogen-bond acceptors (Lipinski definition) is 0. The second-order valence-electron chi connectivity index (χ2n) is 0.409. The Morgan fingerprint density at radius 2 is 1.43 bits per heavy atom. The van der Waals surface area contributed by atoms with Crippen molar-refractivity contribution in [3.63, 3.8) is 0 Å². The molecular formula is C4H10Cl2Ru-2. The predicted molar refractivity (Wildman–Crippen MR) is 36.3 cm³/mol. The van der Waals surface area contributed by atoms with Crippen LogP contribution in [0.4, 0.5) is 0 Å². The first-order valence-electron chi connectivity index (χ1n) is 1.05. The van der Waals surface area contributed by atoms with Crippen LogP contribution in [0.3, 0.4) is 0 Å². The van der Waals surface area contributed by atoms with Crippen LogP contribution in [-0.2, 0) is 13.5 Å². The minimum Gasteiger partial charge on any atom is -0.358 e. The maximum absolute atomic E-state index is 5.32. The van der Waals surface area contributed by atoms with Crippen molar-refractivity contribution in [2.45, 2.75) is 6.92 Å². The standard InChI is InChI=1S/C2H4.2CH3.2ClH.Ru/c1-2;;;;;/h1H,2H3;2*1H3;2*1H;/q;2*-1;;;+2/p-2. The molecule has 3 heteroatoms. The molecule has 0 unspecified atom stereocenters. The van der Waals surface area contributed by atoms with Crippen LogP contribution in [0.15, 0.2) is 0 Å². The van der Waals surface area contributed by atoms with Gasteiger partial charge in [0.25, 0.3) is 0 Å². The Hall–Kier alpha value is 1.07. The minimum atomic E-state index is -1.36. The van der Waals surface area contributed by atoms with Crippen LogP contribution >= 0.6 is 19.4 Å². The van der Waals surface area contributed by atoms with E-state index < -0.39 is 13.5 Å². The van der Waals surface area contributed by atoms with Gasteiger partial charge < -0.3 is 14.9 Å². The van der Waals surface area contributed by atoms with Crippen molar-refractivity contribution < 1.29 is 13.5 Å². The third-order valence-electron chi connectivity index (χ3n) is 0.154. The summed E-state index contributed by atoms with van der Waals surface area (Å²) in [6, 6.07) is 0. The van der Waals surface area contributed by atoms with Gasteiger partial charge in [0.05, 0.1) is 0 Å². The number of rotatable bonds is 0. The molecule has 0 nitrogen and oxygen atoms in total. The van der Waals surface area contributed by atoms with Crippen LogP contribution in [0.5, 0.6) is 0 Å². The molecule has 0 rings (SSSR count). The molecule has 0 aromatic rings. The van der Waals surface area contributed by atoms with Gasteiger partial charge in [-0.3, -0.25) is 0 Å². The van der Waals surface area contributed by atoms with E-state index in [-0.39, 0.29) is 14.9 Å². The van der Waals surface area contributed by atoms with Gasteiger partial charge >= 0.3 is 44.4 Å². The zero-order chi connectivity index (χ0) is 4.28. The molecule has 0 heterocycles. The Labute approximate surface area is 59.3 Å². The fourth-order valence-corrected chi connectivity index (χ4v) is 0. The molecule has 0 amide bonds. The molecule has 0 bridgehead atoms. The van der Waals surface area contributed by atoms with Crippen LogP contribution in [0.1, 0.15) is 6.92 Å². The zero-order valence-corrected chi connectivity index (χ0v) is 7.94. The average molecular weight is 230 g/mol. The van der Waals surface area contributed by atoms with Crippen molar-refractivity contribution >= 4 is 24.0 Å². The fourth-order valence-electron chi connectivity index (χ4n) is 0. The van der Waals surface area contributed by atoms with Crippen molar-refractivity contribution in [1.82, 2.24) is 0 Å². The molecule has 50 valence electrons. The second-order valence-corrected chi connectivity index (χ2v) is 6.64. The summed E-state index contributed by atoms with van der Waals surface area (Å²) < 4.78 is 1.84. The van der Waals surface area contributed by atoms with Gasteiger partial charge in [0.1, 0.15) is 0 Å². The normalized spacial score (nSPS) is 7.57. The molecule has 0 aliphatic carbocycles. The molecule has 0 atom stereocenters. The summed E-state index contributed by atoms with van der Waals surface area (Å²) in [5, 5.41) is 0. The first kappa shape index (κ1) is 15.7. The molecule has 0 spiro atoms. The predicted octanol–water partition coefficient (Wildman–Crippen LogP) is 2.63. The van der Waals surface area contributed by atoms with E-state index >= 15 is 0 Å². The Balaban J connectivity index is -0.0000000800. The summed E-state index contributed by atoms with van der Waals surface area (Å²) in [7, 11) is 10.6. The average Bonchev–Trinajstić information content (AvgIpc) is 1.38. The van der Waals surface area contributed by atoms with Gasteiger partial charge in [-0.2, -0.15) is 0 Å². The third-order valence-corrected chi connectivity index (χ3v) is 2.74. The Morgan fingerprint density at radius 3 is 1.43 bits per heavy atom. The Bertz CT molecular complexity index is 47.7. The van der Waals surface area contributed by atoms with Crippen molar-refractivity contribution in [3.05, 3.63) is 14.9 Å². The monoisotopic (exact) mass is 230 g/mol. The van der Waals surface area contributed by atoms with Gasteiger partial charge in [0.15, 0.2) is 0 Å². The van der Waals surface area contributed by atoms with E-state index in [1.54, 1.807) is 0 Å². The van der Waals surface area contributed by atoms with Crippen molar-refractivity contribution in [3.8, 4) is 0 Å². The minimum absolute atomic E-state index is 0. The van der Waals surface area contributed by atoms with Crippen LogP contribution in [0.2, 0.25) is 0 Å². The summed E-state index contributed by atoms with van der Waals surface area (Å²) >= 11 is -1.36. The quantitative estimate of drug-likeness (QED) is 0.443. The van der Waals surface area contributed by atoms with Crippen molar-refractivity contribution in [2.24, 2.45) is 0 Å². The number of hydrogen-bond donors (Lipinski definition) is 0. The van der Waals surface area contributed by atoms with E-state index in [0.29, 0.717) is 0 Å². The molecule has 0 radical (unpaired) electrons. The van der Waals surface area contributed by atoms with Gasteiger partial charge in [0, 0.05) is 0 Å². The van der Waals surface area contributed by atoms with Crippen LogP contribution in [-0.4, -0.2) is 4.61 Å². The summed E-state index contributed by atoms with van der Waals surface area (Å²) in [4.78, 5) is 0. The van der Waals surface area contributed by atoms with Gasteiger partial charge in [-0.05, 0) is 0 Å². The summed E-state index contributed by atoms with van der Waals surface area (Å²) in [6.45, 7) is 1.87. The summed E-state index contributed by atoms with van der Waals surface area (Å²) in [5.41, 5.74) is 0. The van der Waals surface area contributed by atoms with Crippen LogP contribution in [0, 0.1) is 14.9 Å². The van der Waals surface area contributed by atoms with E-state index in [0.717, 1.165) is 0 Å². The Morgan fingerprint density at radius 1 is 1.29 bits per heavy atom. The molecule has 0 aliphatic rings. The van der Waals surface area contributed by atoms with E-state index in [2.05, 4.69) is 0 Å². The first-order valence-corrected chi connectivity index (χ1v) is 6.53. The maximum atomic E-state index is 5.32. The van der Waals surface area contributed by atoms with Gasteiger partial charge in [-0.1, -0.05) is 0 Å². The molecule has 0 aliphatic heterocycles.